The lowest BCUT2D eigenvalue weighted by Crippen LogP contribution is -2.45. The van der Waals surface area contributed by atoms with Gasteiger partial charge in [-0.3, -0.25) is 4.79 Å². The summed E-state index contributed by atoms with van der Waals surface area (Å²) in [5, 5.41) is 0. The molecule has 2 atom stereocenters. The minimum atomic E-state index is -0.342. The van der Waals surface area contributed by atoms with E-state index >= 15 is 0 Å². The van der Waals surface area contributed by atoms with Crippen LogP contribution in [0.25, 0.3) is 0 Å². The first kappa shape index (κ1) is 10.9. The Bertz CT molecular complexity index is 256. The summed E-state index contributed by atoms with van der Waals surface area (Å²) >= 11 is 0. The van der Waals surface area contributed by atoms with Crippen molar-refractivity contribution in [3.8, 4) is 0 Å². The average Bonchev–Trinajstić information content (AvgIpc) is 2.69. The van der Waals surface area contributed by atoms with Gasteiger partial charge >= 0.3 is 0 Å². The molecule has 0 unspecified atom stereocenters. The first-order chi connectivity index (χ1) is 7.18. The molecule has 0 aromatic rings. The second-order valence-electron chi connectivity index (χ2n) is 4.24. The molecule has 2 rings (SSSR count). The normalized spacial score (nSPS) is 32.1. The van der Waals surface area contributed by atoms with Crippen molar-refractivity contribution in [2.24, 2.45) is 0 Å². The van der Waals surface area contributed by atoms with Crippen LogP contribution in [-0.2, 0) is 14.3 Å². The third-order valence-corrected chi connectivity index (χ3v) is 3.26. The van der Waals surface area contributed by atoms with Crippen LogP contribution in [-0.4, -0.2) is 36.0 Å². The molecule has 1 amide bonds. The minimum absolute atomic E-state index is 0.221. The zero-order valence-corrected chi connectivity index (χ0v) is 9.49. The number of carbonyl (C=O) groups is 1. The molecule has 2 aliphatic rings. The Morgan fingerprint density at radius 1 is 1.53 bits per heavy atom. The fourth-order valence-electron chi connectivity index (χ4n) is 2.66. The van der Waals surface area contributed by atoms with Gasteiger partial charge in [0.2, 0.25) is 5.91 Å². The number of hydrogen-bond donors (Lipinski definition) is 0. The van der Waals surface area contributed by atoms with Gasteiger partial charge in [-0.05, 0) is 26.7 Å². The average molecular weight is 213 g/mol. The van der Waals surface area contributed by atoms with Crippen LogP contribution in [0.4, 0.5) is 0 Å². The van der Waals surface area contributed by atoms with E-state index < -0.39 is 0 Å². The van der Waals surface area contributed by atoms with E-state index in [1.165, 1.54) is 0 Å². The van der Waals surface area contributed by atoms with E-state index in [0.717, 1.165) is 25.8 Å². The molecule has 0 bridgehead atoms. The topological polar surface area (TPSA) is 38.8 Å². The maximum absolute atomic E-state index is 11.6. The number of fused-ring (bicyclic) bond motifs is 1. The van der Waals surface area contributed by atoms with Gasteiger partial charge in [0.25, 0.3) is 0 Å². The third-order valence-electron chi connectivity index (χ3n) is 3.26. The molecule has 0 aromatic carbocycles. The molecule has 0 aromatic heterocycles. The summed E-state index contributed by atoms with van der Waals surface area (Å²) in [4.78, 5) is 13.5. The van der Waals surface area contributed by atoms with E-state index in [1.54, 1.807) is 0 Å². The largest absolute Gasteiger partial charge is 0.353 e. The van der Waals surface area contributed by atoms with Crippen molar-refractivity contribution in [1.82, 2.24) is 4.90 Å². The molecule has 2 saturated heterocycles. The van der Waals surface area contributed by atoms with Gasteiger partial charge in [0.15, 0.2) is 6.29 Å². The maximum Gasteiger partial charge on any atom is 0.225 e. The van der Waals surface area contributed by atoms with Crippen LogP contribution in [0.1, 0.15) is 39.5 Å². The van der Waals surface area contributed by atoms with Gasteiger partial charge in [0.05, 0.1) is 0 Å². The van der Waals surface area contributed by atoms with E-state index in [4.69, 9.17) is 9.47 Å². The zero-order valence-electron chi connectivity index (χ0n) is 9.49. The summed E-state index contributed by atoms with van der Waals surface area (Å²) < 4.78 is 11.3. The second-order valence-corrected chi connectivity index (χ2v) is 4.24. The van der Waals surface area contributed by atoms with E-state index in [-0.39, 0.29) is 17.9 Å². The summed E-state index contributed by atoms with van der Waals surface area (Å²) in [5.41, 5.74) is -0.342. The van der Waals surface area contributed by atoms with Crippen LogP contribution >= 0.6 is 0 Å². The number of nitrogens with zero attached hydrogens (tertiary/aromatic N) is 1. The Morgan fingerprint density at radius 3 is 3.07 bits per heavy atom. The lowest BCUT2D eigenvalue weighted by molar-refractivity contribution is -0.231. The number of rotatable bonds is 4. The maximum atomic E-state index is 11.6. The fraction of sp³-hybridized carbons (Fsp3) is 0.909. The predicted octanol–water partition coefficient (Wildman–Crippen LogP) is 1.50. The highest BCUT2D eigenvalue weighted by molar-refractivity contribution is 5.79. The number of amides is 1. The quantitative estimate of drug-likeness (QED) is 0.664. The molecule has 2 heterocycles. The lowest BCUT2D eigenvalue weighted by atomic mass is 10.1. The van der Waals surface area contributed by atoms with Crippen molar-refractivity contribution >= 4 is 5.91 Å². The summed E-state index contributed by atoms with van der Waals surface area (Å²) in [7, 11) is 0. The Labute approximate surface area is 90.5 Å². The zero-order chi connectivity index (χ0) is 10.9. The molecule has 0 spiro atoms. The van der Waals surface area contributed by atoms with Crippen molar-refractivity contribution in [3.63, 3.8) is 0 Å². The van der Waals surface area contributed by atoms with Crippen molar-refractivity contribution in [3.05, 3.63) is 0 Å². The van der Waals surface area contributed by atoms with E-state index in [1.807, 2.05) is 18.7 Å². The Hall–Kier alpha value is -0.610. The molecule has 4 heteroatoms. The first-order valence-corrected chi connectivity index (χ1v) is 5.78. The summed E-state index contributed by atoms with van der Waals surface area (Å²) in [6.07, 6.45) is 3.23. The van der Waals surface area contributed by atoms with Gasteiger partial charge in [0.1, 0.15) is 5.72 Å². The highest BCUT2D eigenvalue weighted by Gasteiger charge is 2.50. The molecule has 4 nitrogen and oxygen atoms in total. The van der Waals surface area contributed by atoms with Crippen LogP contribution < -0.4 is 0 Å². The monoisotopic (exact) mass is 213 g/mol. The molecule has 0 N–H and O–H groups in total. The van der Waals surface area contributed by atoms with Gasteiger partial charge < -0.3 is 14.4 Å². The third kappa shape index (κ3) is 1.88. The van der Waals surface area contributed by atoms with E-state index in [0.29, 0.717) is 13.0 Å². The van der Waals surface area contributed by atoms with Crippen molar-refractivity contribution < 1.29 is 14.3 Å². The molecule has 15 heavy (non-hydrogen) atoms. The van der Waals surface area contributed by atoms with Gasteiger partial charge in [-0.2, -0.15) is 0 Å². The number of ether oxygens (including phenoxy) is 2. The van der Waals surface area contributed by atoms with Crippen LogP contribution in [0, 0.1) is 0 Å². The van der Waals surface area contributed by atoms with Crippen LogP contribution in [0.3, 0.4) is 0 Å². The van der Waals surface area contributed by atoms with Gasteiger partial charge in [-0.25, -0.2) is 0 Å². The van der Waals surface area contributed by atoms with E-state index in [9.17, 15) is 4.79 Å². The molecule has 0 radical (unpaired) electrons. The lowest BCUT2D eigenvalue weighted by Gasteiger charge is -2.34. The molecule has 0 saturated carbocycles. The van der Waals surface area contributed by atoms with Crippen LogP contribution in [0.2, 0.25) is 0 Å². The summed E-state index contributed by atoms with van der Waals surface area (Å²) in [5.74, 6) is 0.233. The Balaban J connectivity index is 2.02. The van der Waals surface area contributed by atoms with Crippen LogP contribution in [0.5, 0.6) is 0 Å². The molecule has 2 fully saturated rings. The molecular weight excluding hydrogens is 194 g/mol. The molecular formula is C11H19NO3. The number of carbonyl (C=O) groups excluding carboxylic acids is 1. The standard InChI is InChI=1S/C11H19NO3/c1-3-14-9(2)15-11-6-4-8-12(11)10(13)5-7-11/h9H,3-8H2,1-2H3/t9-,11+/m0/s1. The van der Waals surface area contributed by atoms with Crippen molar-refractivity contribution in [1.29, 1.82) is 0 Å². The molecule has 2 aliphatic heterocycles. The highest BCUT2D eigenvalue weighted by Crippen LogP contribution is 2.41. The first-order valence-electron chi connectivity index (χ1n) is 5.78. The van der Waals surface area contributed by atoms with Gasteiger partial charge in [-0.1, -0.05) is 0 Å². The molecule has 0 aliphatic carbocycles. The van der Waals surface area contributed by atoms with Crippen LogP contribution in [0.15, 0.2) is 0 Å². The molecule has 86 valence electrons. The smallest absolute Gasteiger partial charge is 0.225 e. The second kappa shape index (κ2) is 4.10. The fourth-order valence-corrected chi connectivity index (χ4v) is 2.66. The highest BCUT2D eigenvalue weighted by atomic mass is 16.7. The minimum Gasteiger partial charge on any atom is -0.353 e. The van der Waals surface area contributed by atoms with Gasteiger partial charge in [-0.15, -0.1) is 0 Å². The summed E-state index contributed by atoms with van der Waals surface area (Å²) in [6, 6.07) is 0. The van der Waals surface area contributed by atoms with Crippen molar-refractivity contribution in [2.75, 3.05) is 13.2 Å². The summed E-state index contributed by atoms with van der Waals surface area (Å²) in [6.45, 7) is 5.34. The SMILES string of the molecule is CCO[C@H](C)O[C@@]12CCCN1C(=O)CC2. The Kier molecular flexibility index (Phi) is 2.98. The van der Waals surface area contributed by atoms with E-state index in [2.05, 4.69) is 0 Å². The van der Waals surface area contributed by atoms with Gasteiger partial charge in [0, 0.05) is 26.0 Å². The van der Waals surface area contributed by atoms with Crippen molar-refractivity contribution in [2.45, 2.75) is 51.5 Å². The Morgan fingerprint density at radius 2 is 2.33 bits per heavy atom. The number of hydrogen-bond acceptors (Lipinski definition) is 3. The predicted molar refractivity (Wildman–Crippen MR) is 55.1 cm³/mol.